The third-order valence-electron chi connectivity index (χ3n) is 4.37. The lowest BCUT2D eigenvalue weighted by Crippen LogP contribution is -2.43. The molecule has 0 bridgehead atoms. The molecular weight excluding hydrogens is 381 g/mol. The highest BCUT2D eigenvalue weighted by Gasteiger charge is 2.26. The fraction of sp³-hybridized carbons (Fsp3) is 0.333. The smallest absolute Gasteiger partial charge is 0.243 e. The molecule has 9 heteroatoms. The maximum atomic E-state index is 13.9. The zero-order chi connectivity index (χ0) is 19.4. The van der Waals surface area contributed by atoms with E-state index < -0.39 is 38.4 Å². The summed E-state index contributed by atoms with van der Waals surface area (Å²) < 4.78 is 73.4. The zero-order valence-corrected chi connectivity index (χ0v) is 15.2. The lowest BCUT2D eigenvalue weighted by molar-refractivity contribution is 0.0171. The largest absolute Gasteiger partial charge is 0.379 e. The number of benzene rings is 2. The van der Waals surface area contributed by atoms with Gasteiger partial charge in [0.25, 0.3) is 0 Å². The van der Waals surface area contributed by atoms with Crippen molar-refractivity contribution in [3.63, 3.8) is 0 Å². The van der Waals surface area contributed by atoms with Crippen LogP contribution in [0.2, 0.25) is 0 Å². The Morgan fingerprint density at radius 2 is 1.74 bits per heavy atom. The summed E-state index contributed by atoms with van der Waals surface area (Å²) in [5.74, 6) is -2.34. The Labute approximate surface area is 155 Å². The monoisotopic (exact) mass is 400 g/mol. The van der Waals surface area contributed by atoms with E-state index in [0.29, 0.717) is 37.9 Å². The molecule has 1 unspecified atom stereocenters. The van der Waals surface area contributed by atoms with Gasteiger partial charge in [0.15, 0.2) is 0 Å². The normalized spacial score (nSPS) is 17.0. The molecule has 1 saturated heterocycles. The van der Waals surface area contributed by atoms with Crippen molar-refractivity contribution in [3.05, 3.63) is 65.5 Å². The van der Waals surface area contributed by atoms with Gasteiger partial charge in [-0.3, -0.25) is 4.90 Å². The Balaban J connectivity index is 1.84. The molecule has 2 aromatic rings. The second-order valence-corrected chi connectivity index (χ2v) is 7.88. The SMILES string of the molecule is O=S(=O)(NCC(c1cccc(F)c1)N1CCOCC1)c1cc(F)ccc1F. The molecule has 1 N–H and O–H groups in total. The number of morpholine rings is 1. The number of sulfonamides is 1. The fourth-order valence-corrected chi connectivity index (χ4v) is 4.14. The average Bonchev–Trinajstić information content (AvgIpc) is 2.65. The first kappa shape index (κ1) is 19.8. The lowest BCUT2D eigenvalue weighted by Gasteiger charge is -2.34. The topological polar surface area (TPSA) is 58.6 Å². The average molecular weight is 400 g/mol. The minimum absolute atomic E-state index is 0.123. The molecule has 3 rings (SSSR count). The molecule has 0 radical (unpaired) electrons. The molecule has 1 heterocycles. The number of rotatable bonds is 6. The molecule has 0 amide bonds. The second kappa shape index (κ2) is 8.39. The third kappa shape index (κ3) is 4.86. The minimum atomic E-state index is -4.28. The van der Waals surface area contributed by atoms with Crippen LogP contribution in [-0.4, -0.2) is 46.2 Å². The maximum absolute atomic E-state index is 13.9. The number of nitrogens with zero attached hydrogens (tertiary/aromatic N) is 1. The summed E-state index contributed by atoms with van der Waals surface area (Å²) in [6.45, 7) is 1.89. The minimum Gasteiger partial charge on any atom is -0.379 e. The number of hydrogen-bond donors (Lipinski definition) is 1. The molecule has 1 atom stereocenters. The molecule has 5 nitrogen and oxygen atoms in total. The molecule has 1 aliphatic heterocycles. The van der Waals surface area contributed by atoms with Crippen LogP contribution in [0.4, 0.5) is 13.2 Å². The first-order chi connectivity index (χ1) is 12.9. The number of hydrogen-bond acceptors (Lipinski definition) is 4. The van der Waals surface area contributed by atoms with Gasteiger partial charge in [-0.15, -0.1) is 0 Å². The predicted molar refractivity (Wildman–Crippen MR) is 93.1 cm³/mol. The number of ether oxygens (including phenoxy) is 1. The van der Waals surface area contributed by atoms with Crippen LogP contribution in [0, 0.1) is 17.5 Å². The van der Waals surface area contributed by atoms with E-state index in [2.05, 4.69) is 4.72 Å². The summed E-state index contributed by atoms with van der Waals surface area (Å²) in [6.07, 6.45) is 0. The Bertz CT molecular complexity index is 902. The molecule has 2 aromatic carbocycles. The summed E-state index contributed by atoms with van der Waals surface area (Å²) in [5, 5.41) is 0. The van der Waals surface area contributed by atoms with E-state index >= 15 is 0 Å². The standard InChI is InChI=1S/C18H19F3N2O3S/c19-14-3-1-2-13(10-14)17(23-6-8-26-9-7-23)12-22-27(24,25)18-11-15(20)4-5-16(18)21/h1-5,10-11,17,22H,6-9,12H2. The van der Waals surface area contributed by atoms with Crippen LogP contribution < -0.4 is 4.72 Å². The van der Waals surface area contributed by atoms with E-state index in [1.807, 2.05) is 4.90 Å². The van der Waals surface area contributed by atoms with Crippen molar-refractivity contribution in [2.75, 3.05) is 32.8 Å². The van der Waals surface area contributed by atoms with Gasteiger partial charge < -0.3 is 4.74 Å². The summed E-state index contributed by atoms with van der Waals surface area (Å²) in [6, 6.07) is 7.62. The number of nitrogens with one attached hydrogen (secondary N) is 1. The van der Waals surface area contributed by atoms with Gasteiger partial charge >= 0.3 is 0 Å². The van der Waals surface area contributed by atoms with E-state index in [1.165, 1.54) is 12.1 Å². The molecular formula is C18H19F3N2O3S. The highest BCUT2D eigenvalue weighted by Crippen LogP contribution is 2.23. The molecule has 1 fully saturated rings. The van der Waals surface area contributed by atoms with E-state index in [4.69, 9.17) is 4.74 Å². The summed E-state index contributed by atoms with van der Waals surface area (Å²) in [4.78, 5) is 1.20. The van der Waals surface area contributed by atoms with Crippen molar-refractivity contribution >= 4 is 10.0 Å². The first-order valence-corrected chi connectivity index (χ1v) is 9.87. The van der Waals surface area contributed by atoms with Crippen LogP contribution in [0.5, 0.6) is 0 Å². The van der Waals surface area contributed by atoms with Crippen molar-refractivity contribution in [1.29, 1.82) is 0 Å². The summed E-state index contributed by atoms with van der Waals surface area (Å²) >= 11 is 0. The van der Waals surface area contributed by atoms with Gasteiger partial charge in [0.05, 0.1) is 13.2 Å². The zero-order valence-electron chi connectivity index (χ0n) is 14.4. The van der Waals surface area contributed by atoms with Crippen LogP contribution in [0.25, 0.3) is 0 Å². The van der Waals surface area contributed by atoms with Gasteiger partial charge in [-0.25, -0.2) is 26.3 Å². The predicted octanol–water partition coefficient (Wildman–Crippen LogP) is 2.46. The van der Waals surface area contributed by atoms with Gasteiger partial charge in [-0.05, 0) is 35.9 Å². The highest BCUT2D eigenvalue weighted by atomic mass is 32.2. The van der Waals surface area contributed by atoms with Crippen LogP contribution in [-0.2, 0) is 14.8 Å². The molecule has 1 aliphatic rings. The van der Waals surface area contributed by atoms with Gasteiger partial charge in [-0.2, -0.15) is 0 Å². The van der Waals surface area contributed by atoms with Gasteiger partial charge in [0, 0.05) is 25.7 Å². The van der Waals surface area contributed by atoms with E-state index in [0.717, 1.165) is 12.1 Å². The lowest BCUT2D eigenvalue weighted by atomic mass is 10.0. The fourth-order valence-electron chi connectivity index (χ4n) is 3.01. The Morgan fingerprint density at radius 1 is 1.04 bits per heavy atom. The van der Waals surface area contributed by atoms with Crippen molar-refractivity contribution in [1.82, 2.24) is 9.62 Å². The number of halogens is 3. The quantitative estimate of drug-likeness (QED) is 0.809. The molecule has 0 spiro atoms. The van der Waals surface area contributed by atoms with Crippen LogP contribution in [0.15, 0.2) is 47.4 Å². The molecule has 0 saturated carbocycles. The molecule has 0 aliphatic carbocycles. The Hall–Kier alpha value is -1.94. The van der Waals surface area contributed by atoms with Crippen LogP contribution in [0.1, 0.15) is 11.6 Å². The van der Waals surface area contributed by atoms with Crippen molar-refractivity contribution in [3.8, 4) is 0 Å². The van der Waals surface area contributed by atoms with E-state index in [9.17, 15) is 21.6 Å². The first-order valence-electron chi connectivity index (χ1n) is 8.39. The van der Waals surface area contributed by atoms with Crippen LogP contribution in [0.3, 0.4) is 0 Å². The summed E-state index contributed by atoms with van der Waals surface area (Å²) in [7, 11) is -4.28. The molecule has 0 aromatic heterocycles. The summed E-state index contributed by atoms with van der Waals surface area (Å²) in [5.41, 5.74) is 0.583. The van der Waals surface area contributed by atoms with Crippen LogP contribution >= 0.6 is 0 Å². The molecule has 146 valence electrons. The Morgan fingerprint density at radius 3 is 2.44 bits per heavy atom. The van der Waals surface area contributed by atoms with Gasteiger partial charge in [-0.1, -0.05) is 12.1 Å². The van der Waals surface area contributed by atoms with Gasteiger partial charge in [0.1, 0.15) is 22.3 Å². The van der Waals surface area contributed by atoms with Gasteiger partial charge in [0.2, 0.25) is 10.0 Å². The van der Waals surface area contributed by atoms with E-state index in [1.54, 1.807) is 12.1 Å². The third-order valence-corrected chi connectivity index (χ3v) is 5.81. The highest BCUT2D eigenvalue weighted by molar-refractivity contribution is 7.89. The van der Waals surface area contributed by atoms with Crippen molar-refractivity contribution in [2.45, 2.75) is 10.9 Å². The Kier molecular flexibility index (Phi) is 6.15. The van der Waals surface area contributed by atoms with E-state index in [-0.39, 0.29) is 6.54 Å². The second-order valence-electron chi connectivity index (χ2n) is 6.15. The van der Waals surface area contributed by atoms with Crippen molar-refractivity contribution in [2.24, 2.45) is 0 Å². The molecule has 27 heavy (non-hydrogen) atoms. The van der Waals surface area contributed by atoms with Crippen molar-refractivity contribution < 1.29 is 26.3 Å². The maximum Gasteiger partial charge on any atom is 0.243 e.